The van der Waals surface area contributed by atoms with E-state index in [1.54, 1.807) is 0 Å². The molecule has 0 unspecified atom stereocenters. The van der Waals surface area contributed by atoms with E-state index in [9.17, 15) is 0 Å². The largest absolute Gasteiger partial charge is 0.309 e. The summed E-state index contributed by atoms with van der Waals surface area (Å²) in [5.41, 5.74) is 0. The molecule has 1 N–H and O–H groups in total. The van der Waals surface area contributed by atoms with Gasteiger partial charge in [0.1, 0.15) is 0 Å². The molecule has 1 heterocycles. The first kappa shape index (κ1) is 13.6. The van der Waals surface area contributed by atoms with Crippen molar-refractivity contribution in [1.29, 1.82) is 0 Å². The van der Waals surface area contributed by atoms with E-state index in [1.165, 1.54) is 54.7 Å². The van der Waals surface area contributed by atoms with Crippen molar-refractivity contribution in [3.63, 3.8) is 0 Å². The predicted octanol–water partition coefficient (Wildman–Crippen LogP) is 3.76. The Kier molecular flexibility index (Phi) is 4.57. The number of thiophene rings is 1. The summed E-state index contributed by atoms with van der Waals surface area (Å²) in [6, 6.07) is 6.28. The zero-order valence-electron chi connectivity index (χ0n) is 12.0. The summed E-state index contributed by atoms with van der Waals surface area (Å²) < 4.78 is 0. The van der Waals surface area contributed by atoms with Gasteiger partial charge in [0, 0.05) is 34.9 Å². The normalized spacial score (nSPS) is 21.2. The van der Waals surface area contributed by atoms with E-state index < -0.39 is 0 Å². The first-order valence-electron chi connectivity index (χ1n) is 7.82. The lowest BCUT2D eigenvalue weighted by Gasteiger charge is -2.30. The average Bonchev–Trinajstić information content (AvgIpc) is 3.17. The smallest absolute Gasteiger partial charge is 0.0327 e. The van der Waals surface area contributed by atoms with Gasteiger partial charge in [0.15, 0.2) is 0 Å². The Hall–Kier alpha value is -0.380. The van der Waals surface area contributed by atoms with Gasteiger partial charge in [0.2, 0.25) is 0 Å². The average molecular weight is 278 g/mol. The molecule has 1 aromatic rings. The lowest BCUT2D eigenvalue weighted by atomic mass is 9.94. The molecule has 0 amide bonds. The predicted molar refractivity (Wildman–Crippen MR) is 82.5 cm³/mol. The summed E-state index contributed by atoms with van der Waals surface area (Å²) in [6.45, 7) is 2.21. The number of hydrogen-bond acceptors (Lipinski definition) is 3. The lowest BCUT2D eigenvalue weighted by Crippen LogP contribution is -2.32. The molecule has 2 fully saturated rings. The molecule has 3 rings (SSSR count). The van der Waals surface area contributed by atoms with Crippen LogP contribution in [-0.4, -0.2) is 24.0 Å². The Balaban J connectivity index is 1.47. The van der Waals surface area contributed by atoms with Gasteiger partial charge >= 0.3 is 0 Å². The van der Waals surface area contributed by atoms with Gasteiger partial charge in [-0.1, -0.05) is 19.3 Å². The van der Waals surface area contributed by atoms with E-state index in [-0.39, 0.29) is 0 Å². The number of nitrogens with zero attached hydrogens (tertiary/aromatic N) is 1. The summed E-state index contributed by atoms with van der Waals surface area (Å²) in [6.07, 6.45) is 9.85. The summed E-state index contributed by atoms with van der Waals surface area (Å²) in [5.74, 6) is 0. The van der Waals surface area contributed by atoms with Crippen molar-refractivity contribution in [2.24, 2.45) is 0 Å². The molecule has 3 heteroatoms. The quantitative estimate of drug-likeness (QED) is 0.852. The Morgan fingerprint density at radius 3 is 2.58 bits per heavy atom. The minimum absolute atomic E-state index is 0.815. The van der Waals surface area contributed by atoms with Crippen LogP contribution in [0.25, 0.3) is 0 Å². The van der Waals surface area contributed by atoms with Crippen LogP contribution in [0.1, 0.15) is 54.7 Å². The molecule has 0 aromatic carbocycles. The molecule has 0 aliphatic heterocycles. The van der Waals surface area contributed by atoms with Gasteiger partial charge in [-0.25, -0.2) is 0 Å². The lowest BCUT2D eigenvalue weighted by molar-refractivity contribution is 0.186. The molecule has 2 saturated carbocycles. The van der Waals surface area contributed by atoms with Gasteiger partial charge in [0.05, 0.1) is 0 Å². The monoisotopic (exact) mass is 278 g/mol. The van der Waals surface area contributed by atoms with Crippen LogP contribution < -0.4 is 5.32 Å². The Morgan fingerprint density at radius 2 is 1.84 bits per heavy atom. The van der Waals surface area contributed by atoms with Crippen LogP contribution >= 0.6 is 11.3 Å². The number of nitrogens with one attached hydrogen (secondary N) is 1. The number of rotatable bonds is 6. The third kappa shape index (κ3) is 4.04. The molecule has 0 saturated heterocycles. The molecule has 2 aliphatic rings. The number of hydrogen-bond donors (Lipinski definition) is 1. The topological polar surface area (TPSA) is 15.3 Å². The van der Waals surface area contributed by atoms with Crippen molar-refractivity contribution < 1.29 is 0 Å². The fourth-order valence-corrected chi connectivity index (χ4v) is 4.06. The second-order valence-electron chi connectivity index (χ2n) is 6.23. The molecular weight excluding hydrogens is 252 g/mol. The maximum absolute atomic E-state index is 3.60. The standard InChI is InChI=1S/C16H26N2S/c1-18(14-5-3-2-4-6-14)12-16-10-9-15(19-16)11-17-13-7-8-13/h9-10,13-14,17H,2-8,11-12H2,1H3. The van der Waals surface area contributed by atoms with E-state index in [1.807, 2.05) is 11.3 Å². The summed E-state index contributed by atoms with van der Waals surface area (Å²) in [7, 11) is 2.30. The van der Waals surface area contributed by atoms with Gasteiger partial charge in [-0.05, 0) is 44.9 Å². The summed E-state index contributed by atoms with van der Waals surface area (Å²) in [5, 5.41) is 3.60. The third-order valence-electron chi connectivity index (χ3n) is 4.46. The first-order chi connectivity index (χ1) is 9.31. The second-order valence-corrected chi connectivity index (χ2v) is 7.48. The van der Waals surface area contributed by atoms with Crippen LogP contribution in [0.5, 0.6) is 0 Å². The molecular formula is C16H26N2S. The minimum atomic E-state index is 0.815. The molecule has 0 spiro atoms. The van der Waals surface area contributed by atoms with Crippen LogP contribution in [0, 0.1) is 0 Å². The van der Waals surface area contributed by atoms with Gasteiger partial charge in [0.25, 0.3) is 0 Å². The van der Waals surface area contributed by atoms with E-state index in [0.717, 1.165) is 25.2 Å². The fraction of sp³-hybridized carbons (Fsp3) is 0.750. The van der Waals surface area contributed by atoms with Crippen molar-refractivity contribution in [2.45, 2.75) is 70.1 Å². The van der Waals surface area contributed by atoms with Crippen LogP contribution in [-0.2, 0) is 13.1 Å². The highest BCUT2D eigenvalue weighted by Gasteiger charge is 2.21. The van der Waals surface area contributed by atoms with E-state index in [4.69, 9.17) is 0 Å². The molecule has 19 heavy (non-hydrogen) atoms. The molecule has 2 aliphatic carbocycles. The molecule has 0 bridgehead atoms. The highest BCUT2D eigenvalue weighted by atomic mass is 32.1. The van der Waals surface area contributed by atoms with Crippen LogP contribution in [0.15, 0.2) is 12.1 Å². The Labute approximate surface area is 121 Å². The fourth-order valence-electron chi connectivity index (χ4n) is 3.03. The van der Waals surface area contributed by atoms with E-state index >= 15 is 0 Å². The van der Waals surface area contributed by atoms with Gasteiger partial charge < -0.3 is 5.32 Å². The van der Waals surface area contributed by atoms with Gasteiger partial charge in [-0.2, -0.15) is 0 Å². The molecule has 0 atom stereocenters. The van der Waals surface area contributed by atoms with Gasteiger partial charge in [-0.3, -0.25) is 4.90 Å². The van der Waals surface area contributed by atoms with Crippen molar-refractivity contribution in [2.75, 3.05) is 7.05 Å². The molecule has 0 radical (unpaired) electrons. The Morgan fingerprint density at radius 1 is 1.11 bits per heavy atom. The van der Waals surface area contributed by atoms with Crippen molar-refractivity contribution >= 4 is 11.3 Å². The molecule has 2 nitrogen and oxygen atoms in total. The van der Waals surface area contributed by atoms with Crippen LogP contribution in [0.2, 0.25) is 0 Å². The maximum Gasteiger partial charge on any atom is 0.0327 e. The Bertz CT molecular complexity index is 391. The van der Waals surface area contributed by atoms with Crippen molar-refractivity contribution in [3.05, 3.63) is 21.9 Å². The maximum atomic E-state index is 3.60. The summed E-state index contributed by atoms with van der Waals surface area (Å²) >= 11 is 1.99. The molecule has 1 aromatic heterocycles. The zero-order valence-corrected chi connectivity index (χ0v) is 12.8. The second kappa shape index (κ2) is 6.38. The summed E-state index contributed by atoms with van der Waals surface area (Å²) in [4.78, 5) is 5.60. The first-order valence-corrected chi connectivity index (χ1v) is 8.64. The van der Waals surface area contributed by atoms with Crippen LogP contribution in [0.4, 0.5) is 0 Å². The van der Waals surface area contributed by atoms with Crippen molar-refractivity contribution in [3.8, 4) is 0 Å². The van der Waals surface area contributed by atoms with E-state index in [2.05, 4.69) is 29.4 Å². The minimum Gasteiger partial charge on any atom is -0.309 e. The third-order valence-corrected chi connectivity index (χ3v) is 5.53. The van der Waals surface area contributed by atoms with E-state index in [0.29, 0.717) is 0 Å². The van der Waals surface area contributed by atoms with Crippen molar-refractivity contribution in [1.82, 2.24) is 10.2 Å². The zero-order chi connectivity index (χ0) is 13.1. The highest BCUT2D eigenvalue weighted by molar-refractivity contribution is 7.11. The van der Waals surface area contributed by atoms with Gasteiger partial charge in [-0.15, -0.1) is 11.3 Å². The SMILES string of the molecule is CN(Cc1ccc(CNC2CC2)s1)C1CCCCC1. The highest BCUT2D eigenvalue weighted by Crippen LogP contribution is 2.25. The van der Waals surface area contributed by atoms with Crippen LogP contribution in [0.3, 0.4) is 0 Å². The molecule has 106 valence electrons.